The van der Waals surface area contributed by atoms with E-state index in [1.165, 1.54) is 12.8 Å². The Morgan fingerprint density at radius 1 is 1.24 bits per heavy atom. The van der Waals surface area contributed by atoms with Crippen LogP contribution in [0.2, 0.25) is 0 Å². The summed E-state index contributed by atoms with van der Waals surface area (Å²) in [7, 11) is 2.03. The van der Waals surface area contributed by atoms with E-state index < -0.39 is 0 Å². The molecule has 2 aliphatic heterocycles. The molecule has 0 saturated carbocycles. The maximum absolute atomic E-state index is 12.3. The molecule has 2 aliphatic rings. The molecule has 0 aliphatic carbocycles. The molecule has 2 fully saturated rings. The Morgan fingerprint density at radius 3 is 2.53 bits per heavy atom. The summed E-state index contributed by atoms with van der Waals surface area (Å²) in [6, 6.07) is 0.859. The zero-order valence-corrected chi connectivity index (χ0v) is 11.1. The van der Waals surface area contributed by atoms with Crippen molar-refractivity contribution < 1.29 is 4.79 Å². The summed E-state index contributed by atoms with van der Waals surface area (Å²) in [6.07, 6.45) is 4.59. The topological polar surface area (TPSA) is 35.6 Å². The summed E-state index contributed by atoms with van der Waals surface area (Å²) in [5.41, 5.74) is 0. The van der Waals surface area contributed by atoms with Crippen LogP contribution in [0, 0.1) is 5.92 Å². The second-order valence-electron chi connectivity index (χ2n) is 5.27. The summed E-state index contributed by atoms with van der Waals surface area (Å²) in [5, 5.41) is 3.38. The average Bonchev–Trinajstić information content (AvgIpc) is 2.90. The van der Waals surface area contributed by atoms with Crippen LogP contribution < -0.4 is 5.32 Å². The van der Waals surface area contributed by atoms with E-state index >= 15 is 0 Å². The van der Waals surface area contributed by atoms with Crippen LogP contribution in [0.1, 0.15) is 32.6 Å². The van der Waals surface area contributed by atoms with Crippen LogP contribution in [-0.4, -0.2) is 55.1 Å². The second-order valence-corrected chi connectivity index (χ2v) is 5.27. The van der Waals surface area contributed by atoms with Gasteiger partial charge in [0.25, 0.3) is 0 Å². The number of carbonyl (C=O) groups excluding carboxylic acids is 1. The zero-order chi connectivity index (χ0) is 12.3. The largest absolute Gasteiger partial charge is 0.325 e. The van der Waals surface area contributed by atoms with Crippen LogP contribution in [0.3, 0.4) is 0 Å². The summed E-state index contributed by atoms with van der Waals surface area (Å²) in [5.74, 6) is 0.611. The lowest BCUT2D eigenvalue weighted by molar-refractivity contribution is 0.120. The van der Waals surface area contributed by atoms with Crippen molar-refractivity contribution in [2.75, 3.05) is 33.2 Å². The van der Waals surface area contributed by atoms with Crippen LogP contribution in [0.4, 0.5) is 4.79 Å². The lowest BCUT2D eigenvalue weighted by Crippen LogP contribution is -2.53. The van der Waals surface area contributed by atoms with Gasteiger partial charge in [-0.1, -0.05) is 13.3 Å². The van der Waals surface area contributed by atoms with Gasteiger partial charge in [-0.05, 0) is 32.2 Å². The van der Waals surface area contributed by atoms with Gasteiger partial charge >= 0.3 is 6.03 Å². The van der Waals surface area contributed by atoms with Crippen LogP contribution in [0.15, 0.2) is 0 Å². The quantitative estimate of drug-likeness (QED) is 0.793. The molecule has 98 valence electrons. The van der Waals surface area contributed by atoms with E-state index in [4.69, 9.17) is 0 Å². The Balaban J connectivity index is 1.91. The van der Waals surface area contributed by atoms with Gasteiger partial charge < -0.3 is 15.1 Å². The van der Waals surface area contributed by atoms with E-state index in [0.717, 1.165) is 39.0 Å². The Hall–Kier alpha value is -0.770. The van der Waals surface area contributed by atoms with E-state index in [1.54, 1.807) is 0 Å². The number of rotatable bonds is 2. The van der Waals surface area contributed by atoms with Crippen molar-refractivity contribution >= 4 is 6.03 Å². The second kappa shape index (κ2) is 5.71. The highest BCUT2D eigenvalue weighted by Gasteiger charge is 2.32. The summed E-state index contributed by atoms with van der Waals surface area (Å²) < 4.78 is 0. The first-order valence-corrected chi connectivity index (χ1v) is 6.97. The van der Waals surface area contributed by atoms with E-state index in [2.05, 4.69) is 17.1 Å². The molecular formula is C13H25N3O. The maximum atomic E-state index is 12.3. The number of piperidine rings is 1. The summed E-state index contributed by atoms with van der Waals surface area (Å²) in [6.45, 7) is 5.98. The number of nitrogens with zero attached hydrogens (tertiary/aromatic N) is 2. The number of nitrogens with one attached hydrogen (secondary N) is 1. The van der Waals surface area contributed by atoms with Gasteiger partial charge in [-0.2, -0.15) is 0 Å². The first-order chi connectivity index (χ1) is 8.26. The Labute approximate surface area is 104 Å². The maximum Gasteiger partial charge on any atom is 0.320 e. The van der Waals surface area contributed by atoms with Crippen molar-refractivity contribution in [1.82, 2.24) is 15.1 Å². The lowest BCUT2D eigenvalue weighted by atomic mass is 9.90. The molecule has 2 amide bonds. The van der Waals surface area contributed by atoms with Gasteiger partial charge in [-0.25, -0.2) is 4.79 Å². The highest BCUT2D eigenvalue weighted by atomic mass is 16.2. The average molecular weight is 239 g/mol. The molecule has 0 bridgehead atoms. The van der Waals surface area contributed by atoms with Crippen molar-refractivity contribution in [3.63, 3.8) is 0 Å². The molecule has 2 unspecified atom stereocenters. The minimum Gasteiger partial charge on any atom is -0.325 e. The van der Waals surface area contributed by atoms with Crippen LogP contribution in [-0.2, 0) is 0 Å². The lowest BCUT2D eigenvalue weighted by Gasteiger charge is -2.39. The molecule has 0 aromatic heterocycles. The molecule has 4 heteroatoms. The number of hydrogen-bond donors (Lipinski definition) is 1. The van der Waals surface area contributed by atoms with E-state index in [9.17, 15) is 4.79 Å². The Morgan fingerprint density at radius 2 is 1.94 bits per heavy atom. The van der Waals surface area contributed by atoms with Gasteiger partial charge in [0.2, 0.25) is 0 Å². The molecule has 0 radical (unpaired) electrons. The number of carbonyl (C=O) groups is 1. The molecule has 1 N–H and O–H groups in total. The van der Waals surface area contributed by atoms with Gasteiger partial charge in [-0.3, -0.25) is 0 Å². The van der Waals surface area contributed by atoms with Gasteiger partial charge in [0.05, 0.1) is 0 Å². The molecule has 2 rings (SSSR count). The molecule has 4 nitrogen and oxygen atoms in total. The van der Waals surface area contributed by atoms with Gasteiger partial charge in [0, 0.05) is 32.2 Å². The number of urea groups is 1. The van der Waals surface area contributed by atoms with Crippen LogP contribution >= 0.6 is 0 Å². The van der Waals surface area contributed by atoms with Crippen molar-refractivity contribution in [3.8, 4) is 0 Å². The third-order valence-corrected chi connectivity index (χ3v) is 4.28. The molecule has 2 atom stereocenters. The minimum absolute atomic E-state index is 0.274. The highest BCUT2D eigenvalue weighted by molar-refractivity contribution is 5.74. The minimum atomic E-state index is 0.274. The van der Waals surface area contributed by atoms with Crippen LogP contribution in [0.5, 0.6) is 0 Å². The van der Waals surface area contributed by atoms with Gasteiger partial charge in [0.15, 0.2) is 0 Å². The van der Waals surface area contributed by atoms with Crippen LogP contribution in [0.25, 0.3) is 0 Å². The van der Waals surface area contributed by atoms with Gasteiger partial charge in [0.1, 0.15) is 0 Å². The summed E-state index contributed by atoms with van der Waals surface area (Å²) in [4.78, 5) is 16.4. The van der Waals surface area contributed by atoms with Crippen molar-refractivity contribution in [3.05, 3.63) is 0 Å². The van der Waals surface area contributed by atoms with Crippen molar-refractivity contribution in [2.24, 2.45) is 5.92 Å². The highest BCUT2D eigenvalue weighted by Crippen LogP contribution is 2.22. The molecule has 17 heavy (non-hydrogen) atoms. The number of amides is 2. The van der Waals surface area contributed by atoms with E-state index in [1.807, 2.05) is 11.9 Å². The SMILES string of the molecule is CCC1CN(C(=O)N2CCCC2)CCC1NC. The fourth-order valence-corrected chi connectivity index (χ4v) is 3.11. The normalized spacial score (nSPS) is 29.8. The van der Waals surface area contributed by atoms with E-state index in [-0.39, 0.29) is 6.03 Å². The zero-order valence-electron chi connectivity index (χ0n) is 11.1. The van der Waals surface area contributed by atoms with E-state index in [0.29, 0.717) is 12.0 Å². The fraction of sp³-hybridized carbons (Fsp3) is 0.923. The fourth-order valence-electron chi connectivity index (χ4n) is 3.11. The molecule has 0 aromatic rings. The molecule has 0 aromatic carbocycles. The standard InChI is InChI=1S/C13H25N3O/c1-3-11-10-16(9-6-12(11)14-2)13(17)15-7-4-5-8-15/h11-12,14H,3-10H2,1-2H3. The Kier molecular flexibility index (Phi) is 4.26. The molecule has 2 heterocycles. The predicted octanol–water partition coefficient (Wildman–Crippen LogP) is 1.52. The number of hydrogen-bond acceptors (Lipinski definition) is 2. The van der Waals surface area contributed by atoms with Crippen molar-refractivity contribution in [2.45, 2.75) is 38.6 Å². The molecular weight excluding hydrogens is 214 g/mol. The number of likely N-dealkylation sites (tertiary alicyclic amines) is 2. The third kappa shape index (κ3) is 2.73. The first-order valence-electron chi connectivity index (χ1n) is 6.97. The first kappa shape index (κ1) is 12.7. The third-order valence-electron chi connectivity index (χ3n) is 4.28. The smallest absolute Gasteiger partial charge is 0.320 e. The van der Waals surface area contributed by atoms with Crippen molar-refractivity contribution in [1.29, 1.82) is 0 Å². The predicted molar refractivity (Wildman–Crippen MR) is 69.0 cm³/mol. The molecule has 0 spiro atoms. The summed E-state index contributed by atoms with van der Waals surface area (Å²) >= 11 is 0. The monoisotopic (exact) mass is 239 g/mol. The molecule has 2 saturated heterocycles. The Bertz CT molecular complexity index is 263. The van der Waals surface area contributed by atoms with Gasteiger partial charge in [-0.15, -0.1) is 0 Å².